The molecule has 0 saturated carbocycles. The highest BCUT2D eigenvalue weighted by atomic mass is 35.5. The summed E-state index contributed by atoms with van der Waals surface area (Å²) in [4.78, 5) is 22.8. The van der Waals surface area contributed by atoms with Gasteiger partial charge in [0.15, 0.2) is 8.32 Å². The summed E-state index contributed by atoms with van der Waals surface area (Å²) in [5.74, 6) is -3.16. The van der Waals surface area contributed by atoms with Gasteiger partial charge in [-0.2, -0.15) is 0 Å². The number of carboxylic acid groups (broad SMARTS) is 2. The molecule has 0 aliphatic carbocycles. The summed E-state index contributed by atoms with van der Waals surface area (Å²) in [6.45, 7) is 8.15. The molecule has 0 spiro atoms. The Morgan fingerprint density at radius 2 is 1.53 bits per heavy atom. The molecule has 0 aromatic rings. The van der Waals surface area contributed by atoms with Crippen molar-refractivity contribution in [3.63, 3.8) is 0 Å². The number of halogens is 1. The third-order valence-corrected chi connectivity index (χ3v) is 3.94. The van der Waals surface area contributed by atoms with Crippen LogP contribution in [0.15, 0.2) is 0 Å². The molecule has 0 bridgehead atoms. The van der Waals surface area contributed by atoms with Gasteiger partial charge < -0.3 is 14.6 Å². The van der Waals surface area contributed by atoms with E-state index >= 15 is 0 Å². The summed E-state index contributed by atoms with van der Waals surface area (Å²) in [6.07, 6.45) is 0. The highest BCUT2D eigenvalue weighted by Crippen LogP contribution is 2.38. The minimum Gasteiger partial charge on any atom is -0.479 e. The standard InChI is InChI=1S/C10H19ClO5Si/c1-9(2,6-11)10(7(12)13,8(14)15)16-17(3,4)5/h6H2,1-5H3,(H,12,13)(H,14,15). The molecule has 0 aromatic carbocycles. The third kappa shape index (κ3) is 3.20. The number of alkyl halides is 1. The van der Waals surface area contributed by atoms with E-state index in [4.69, 9.17) is 16.0 Å². The summed E-state index contributed by atoms with van der Waals surface area (Å²) in [5, 5.41) is 18.6. The average molecular weight is 283 g/mol. The van der Waals surface area contributed by atoms with Crippen LogP contribution in [0, 0.1) is 5.41 Å². The van der Waals surface area contributed by atoms with Crippen LogP contribution in [0.5, 0.6) is 0 Å². The van der Waals surface area contributed by atoms with Crippen molar-refractivity contribution in [1.29, 1.82) is 0 Å². The first-order valence-corrected chi connectivity index (χ1v) is 9.08. The van der Waals surface area contributed by atoms with E-state index in [9.17, 15) is 19.8 Å². The van der Waals surface area contributed by atoms with E-state index in [1.54, 1.807) is 19.6 Å². The SMILES string of the molecule is CC(C)(CCl)C(O[Si](C)(C)C)(C(=O)O)C(=O)O. The molecule has 17 heavy (non-hydrogen) atoms. The second kappa shape index (κ2) is 4.95. The van der Waals surface area contributed by atoms with Crippen LogP contribution in [0.2, 0.25) is 19.6 Å². The van der Waals surface area contributed by atoms with Crippen LogP contribution in [-0.2, 0) is 14.0 Å². The second-order valence-electron chi connectivity index (χ2n) is 5.52. The quantitative estimate of drug-likeness (QED) is 0.442. The number of aliphatic carboxylic acids is 2. The largest absolute Gasteiger partial charge is 0.479 e. The van der Waals surface area contributed by atoms with Gasteiger partial charge in [0.2, 0.25) is 0 Å². The van der Waals surface area contributed by atoms with Crippen LogP contribution >= 0.6 is 11.6 Å². The molecule has 7 heteroatoms. The van der Waals surface area contributed by atoms with Gasteiger partial charge in [0, 0.05) is 11.3 Å². The topological polar surface area (TPSA) is 83.8 Å². The Morgan fingerprint density at radius 3 is 1.71 bits per heavy atom. The highest BCUT2D eigenvalue weighted by molar-refractivity contribution is 6.70. The zero-order chi connectivity index (χ0) is 14.1. The summed E-state index contributed by atoms with van der Waals surface area (Å²) < 4.78 is 5.46. The molecular weight excluding hydrogens is 264 g/mol. The maximum absolute atomic E-state index is 11.4. The molecule has 0 saturated heterocycles. The molecule has 0 heterocycles. The third-order valence-electron chi connectivity index (χ3n) is 2.35. The number of carboxylic acids is 2. The van der Waals surface area contributed by atoms with Gasteiger partial charge in [-0.05, 0) is 19.6 Å². The first kappa shape index (κ1) is 16.4. The number of carbonyl (C=O) groups is 2. The van der Waals surface area contributed by atoms with Gasteiger partial charge in [0.1, 0.15) is 0 Å². The van der Waals surface area contributed by atoms with Crippen LogP contribution < -0.4 is 0 Å². The number of hydrogen-bond donors (Lipinski definition) is 2. The summed E-state index contributed by atoms with van der Waals surface area (Å²) in [7, 11) is -2.36. The number of rotatable bonds is 6. The molecule has 0 rings (SSSR count). The van der Waals surface area contributed by atoms with Crippen LogP contribution in [0.25, 0.3) is 0 Å². The molecule has 0 unspecified atom stereocenters. The first-order chi connectivity index (χ1) is 7.40. The smallest absolute Gasteiger partial charge is 0.347 e. The predicted octanol–water partition coefficient (Wildman–Crippen LogP) is 2.01. The lowest BCUT2D eigenvalue weighted by Gasteiger charge is -2.42. The molecular formula is C10H19ClO5Si. The summed E-state index contributed by atoms with van der Waals surface area (Å²) in [6, 6.07) is 0. The van der Waals surface area contributed by atoms with E-state index in [1.165, 1.54) is 13.8 Å². The van der Waals surface area contributed by atoms with Crippen LogP contribution in [0.3, 0.4) is 0 Å². The van der Waals surface area contributed by atoms with Crippen molar-refractivity contribution in [2.45, 2.75) is 39.1 Å². The van der Waals surface area contributed by atoms with E-state index in [1.807, 2.05) is 0 Å². The van der Waals surface area contributed by atoms with Gasteiger partial charge in [0.05, 0.1) is 0 Å². The maximum atomic E-state index is 11.4. The Balaban J connectivity index is 5.80. The average Bonchev–Trinajstić information content (AvgIpc) is 2.11. The normalized spacial score (nSPS) is 13.5. The molecule has 0 atom stereocenters. The van der Waals surface area contributed by atoms with Gasteiger partial charge in [-0.3, -0.25) is 0 Å². The lowest BCUT2D eigenvalue weighted by molar-refractivity contribution is -0.185. The van der Waals surface area contributed by atoms with E-state index < -0.39 is 31.3 Å². The van der Waals surface area contributed by atoms with Crippen molar-refractivity contribution < 1.29 is 24.2 Å². The Morgan fingerprint density at radius 1 is 1.18 bits per heavy atom. The Bertz CT molecular complexity index is 307. The van der Waals surface area contributed by atoms with Gasteiger partial charge >= 0.3 is 11.9 Å². The van der Waals surface area contributed by atoms with Crippen molar-refractivity contribution >= 4 is 31.9 Å². The Hall–Kier alpha value is -0.593. The van der Waals surface area contributed by atoms with Crippen molar-refractivity contribution in [3.8, 4) is 0 Å². The number of hydrogen-bond acceptors (Lipinski definition) is 3. The van der Waals surface area contributed by atoms with Gasteiger partial charge in [-0.1, -0.05) is 13.8 Å². The van der Waals surface area contributed by atoms with E-state index in [0.29, 0.717) is 0 Å². The molecule has 100 valence electrons. The van der Waals surface area contributed by atoms with Crippen molar-refractivity contribution in [2.75, 3.05) is 5.88 Å². The Kier molecular flexibility index (Phi) is 4.78. The van der Waals surface area contributed by atoms with Crippen molar-refractivity contribution in [3.05, 3.63) is 0 Å². The fraction of sp³-hybridized carbons (Fsp3) is 0.800. The second-order valence-corrected chi connectivity index (χ2v) is 10.2. The molecule has 0 fully saturated rings. The molecule has 0 aromatic heterocycles. The van der Waals surface area contributed by atoms with Gasteiger partial charge in [-0.25, -0.2) is 9.59 Å². The van der Waals surface area contributed by atoms with Crippen molar-refractivity contribution in [2.24, 2.45) is 5.41 Å². The molecule has 5 nitrogen and oxygen atoms in total. The van der Waals surface area contributed by atoms with Crippen molar-refractivity contribution in [1.82, 2.24) is 0 Å². The zero-order valence-electron chi connectivity index (χ0n) is 10.7. The molecule has 0 radical (unpaired) electrons. The van der Waals surface area contributed by atoms with Crippen LogP contribution in [-0.4, -0.2) is 42.0 Å². The van der Waals surface area contributed by atoms with Gasteiger partial charge in [-0.15, -0.1) is 11.6 Å². The van der Waals surface area contributed by atoms with Gasteiger partial charge in [0.25, 0.3) is 5.60 Å². The molecule has 0 aliphatic heterocycles. The lowest BCUT2D eigenvalue weighted by atomic mass is 9.76. The Labute approximate surface area is 107 Å². The van der Waals surface area contributed by atoms with E-state index in [0.717, 1.165) is 0 Å². The van der Waals surface area contributed by atoms with E-state index in [-0.39, 0.29) is 5.88 Å². The van der Waals surface area contributed by atoms with E-state index in [2.05, 4.69) is 0 Å². The van der Waals surface area contributed by atoms with Crippen LogP contribution in [0.4, 0.5) is 0 Å². The first-order valence-electron chi connectivity index (χ1n) is 5.13. The lowest BCUT2D eigenvalue weighted by Crippen LogP contribution is -2.63. The molecule has 0 amide bonds. The summed E-state index contributed by atoms with van der Waals surface area (Å²) >= 11 is 5.70. The fourth-order valence-electron chi connectivity index (χ4n) is 1.45. The monoisotopic (exact) mass is 282 g/mol. The highest BCUT2D eigenvalue weighted by Gasteiger charge is 2.60. The predicted molar refractivity (Wildman–Crippen MR) is 66.9 cm³/mol. The minimum absolute atomic E-state index is 0.129. The molecule has 2 N–H and O–H groups in total. The fourth-order valence-corrected chi connectivity index (χ4v) is 3.01. The summed E-state index contributed by atoms with van der Waals surface area (Å²) in [5.41, 5.74) is -3.52. The maximum Gasteiger partial charge on any atom is 0.347 e. The zero-order valence-corrected chi connectivity index (χ0v) is 12.5. The molecule has 0 aliphatic rings. The van der Waals surface area contributed by atoms with Crippen LogP contribution in [0.1, 0.15) is 13.8 Å². The minimum atomic E-state index is -2.36.